The summed E-state index contributed by atoms with van der Waals surface area (Å²) >= 11 is 0. The summed E-state index contributed by atoms with van der Waals surface area (Å²) in [5, 5.41) is 8.65. The van der Waals surface area contributed by atoms with Gasteiger partial charge in [0, 0.05) is 19.2 Å². The largest absolute Gasteiger partial charge is 0.357 e. The first kappa shape index (κ1) is 10.3. The minimum atomic E-state index is -0.481. The highest BCUT2D eigenvalue weighted by molar-refractivity contribution is 5.41. The maximum Gasteiger partial charge on any atom is 0.347 e. The van der Waals surface area contributed by atoms with Crippen LogP contribution in [0.5, 0.6) is 0 Å². The molecule has 1 rings (SSSR count). The van der Waals surface area contributed by atoms with Crippen LogP contribution >= 0.6 is 0 Å². The first-order valence-corrected chi connectivity index (χ1v) is 4.47. The van der Waals surface area contributed by atoms with Gasteiger partial charge in [-0.25, -0.2) is 4.79 Å². The summed E-state index contributed by atoms with van der Waals surface area (Å²) in [6.45, 7) is 5.46. The van der Waals surface area contributed by atoms with Crippen molar-refractivity contribution in [2.24, 2.45) is 0 Å². The number of hydrogen-bond acceptors (Lipinski definition) is 4. The summed E-state index contributed by atoms with van der Waals surface area (Å²) < 4.78 is 0. The number of anilines is 1. The Morgan fingerprint density at radius 1 is 1.57 bits per heavy atom. The van der Waals surface area contributed by atoms with E-state index in [0.717, 1.165) is 13.1 Å². The molecule has 5 nitrogen and oxygen atoms in total. The Balaban J connectivity index is 3.15. The molecule has 0 bridgehead atoms. The molecule has 0 saturated heterocycles. The molecule has 0 aliphatic heterocycles. The van der Waals surface area contributed by atoms with E-state index in [4.69, 9.17) is 5.26 Å². The van der Waals surface area contributed by atoms with E-state index in [9.17, 15) is 4.79 Å². The highest BCUT2D eigenvalue weighted by Crippen LogP contribution is 2.07. The molecule has 0 saturated carbocycles. The third-order valence-corrected chi connectivity index (χ3v) is 1.94. The van der Waals surface area contributed by atoms with E-state index >= 15 is 0 Å². The molecule has 5 heteroatoms. The summed E-state index contributed by atoms with van der Waals surface area (Å²) in [6.07, 6.45) is 0. The fourth-order valence-corrected chi connectivity index (χ4v) is 1.21. The molecule has 0 aliphatic carbocycles. The molecule has 0 aromatic carbocycles. The van der Waals surface area contributed by atoms with Crippen molar-refractivity contribution < 1.29 is 0 Å². The van der Waals surface area contributed by atoms with Crippen molar-refractivity contribution in [3.63, 3.8) is 0 Å². The fraction of sp³-hybridized carbons (Fsp3) is 0.444. The average molecular weight is 192 g/mol. The van der Waals surface area contributed by atoms with Gasteiger partial charge in [0.1, 0.15) is 17.6 Å². The monoisotopic (exact) mass is 192 g/mol. The van der Waals surface area contributed by atoms with Crippen LogP contribution in [0.3, 0.4) is 0 Å². The van der Waals surface area contributed by atoms with E-state index in [2.05, 4.69) is 9.97 Å². The predicted octanol–water partition coefficient (Wildman–Crippen LogP) is 0.488. The molecular formula is C9H12N4O. The summed E-state index contributed by atoms with van der Waals surface area (Å²) in [5.41, 5.74) is -0.238. The van der Waals surface area contributed by atoms with Gasteiger partial charge in [0.05, 0.1) is 0 Å². The van der Waals surface area contributed by atoms with Gasteiger partial charge in [0.25, 0.3) is 0 Å². The molecule has 1 aromatic heterocycles. The lowest BCUT2D eigenvalue weighted by Gasteiger charge is -2.18. The Labute approximate surface area is 82.0 Å². The summed E-state index contributed by atoms with van der Waals surface area (Å²) in [5.74, 6) is 0.551. The van der Waals surface area contributed by atoms with Crippen LogP contribution in [-0.2, 0) is 0 Å². The fourth-order valence-electron chi connectivity index (χ4n) is 1.21. The smallest absolute Gasteiger partial charge is 0.347 e. The van der Waals surface area contributed by atoms with Crippen molar-refractivity contribution in [1.29, 1.82) is 5.26 Å². The average Bonchev–Trinajstić information content (AvgIpc) is 2.19. The normalized spacial score (nSPS) is 9.50. The number of nitriles is 1. The van der Waals surface area contributed by atoms with Crippen LogP contribution in [0.25, 0.3) is 0 Å². The quantitative estimate of drug-likeness (QED) is 0.756. The third-order valence-electron chi connectivity index (χ3n) is 1.94. The van der Waals surface area contributed by atoms with Gasteiger partial charge in [-0.3, -0.25) is 4.98 Å². The molecule has 1 heterocycles. The van der Waals surface area contributed by atoms with E-state index in [1.807, 2.05) is 24.8 Å². The molecule has 0 spiro atoms. The van der Waals surface area contributed by atoms with Crippen molar-refractivity contribution in [2.75, 3.05) is 18.0 Å². The second kappa shape index (κ2) is 4.42. The van der Waals surface area contributed by atoms with E-state index in [0.29, 0.717) is 5.82 Å². The second-order valence-electron chi connectivity index (χ2n) is 2.74. The number of aromatic nitrogens is 2. The van der Waals surface area contributed by atoms with Crippen LogP contribution in [0.15, 0.2) is 10.9 Å². The Morgan fingerprint density at radius 3 is 2.71 bits per heavy atom. The molecule has 74 valence electrons. The van der Waals surface area contributed by atoms with E-state index in [1.165, 1.54) is 0 Å². The van der Waals surface area contributed by atoms with Crippen LogP contribution in [0.4, 0.5) is 5.82 Å². The first-order chi connectivity index (χ1) is 6.71. The number of nitrogens with one attached hydrogen (secondary N) is 1. The van der Waals surface area contributed by atoms with E-state index in [-0.39, 0.29) is 5.69 Å². The Bertz CT molecular complexity index is 400. The van der Waals surface area contributed by atoms with Gasteiger partial charge in [0.15, 0.2) is 0 Å². The summed E-state index contributed by atoms with van der Waals surface area (Å²) in [4.78, 5) is 19.1. The summed E-state index contributed by atoms with van der Waals surface area (Å²) in [7, 11) is 0. The number of nitrogens with zero attached hydrogens (tertiary/aromatic N) is 3. The number of aromatic amines is 1. The Kier molecular flexibility index (Phi) is 3.24. The van der Waals surface area contributed by atoms with Crippen molar-refractivity contribution in [3.8, 4) is 6.07 Å². The molecule has 0 radical (unpaired) electrons. The molecule has 0 fully saturated rings. The molecule has 1 N–H and O–H groups in total. The van der Waals surface area contributed by atoms with Crippen molar-refractivity contribution in [3.05, 3.63) is 22.2 Å². The molecular weight excluding hydrogens is 180 g/mol. The molecule has 0 amide bonds. The summed E-state index contributed by atoms with van der Waals surface area (Å²) in [6, 6.07) is 3.47. The molecule has 0 atom stereocenters. The standard InChI is InChI=1S/C9H12N4O/c1-3-13(4-2)8-5-7(6-10)11-9(14)12-8/h5H,3-4H2,1-2H3,(H,11,12,14). The zero-order valence-corrected chi connectivity index (χ0v) is 8.24. The number of rotatable bonds is 3. The highest BCUT2D eigenvalue weighted by Gasteiger charge is 2.05. The Hall–Kier alpha value is -1.83. The zero-order chi connectivity index (χ0) is 10.6. The molecule has 1 aromatic rings. The lowest BCUT2D eigenvalue weighted by atomic mass is 10.4. The van der Waals surface area contributed by atoms with Crippen molar-refractivity contribution in [2.45, 2.75) is 13.8 Å². The van der Waals surface area contributed by atoms with Crippen LogP contribution < -0.4 is 10.6 Å². The van der Waals surface area contributed by atoms with E-state index < -0.39 is 5.69 Å². The van der Waals surface area contributed by atoms with Crippen LogP contribution in [0.2, 0.25) is 0 Å². The van der Waals surface area contributed by atoms with Crippen LogP contribution in [0.1, 0.15) is 19.5 Å². The number of hydrogen-bond donors (Lipinski definition) is 1. The molecule has 0 unspecified atom stereocenters. The maximum absolute atomic E-state index is 11.1. The van der Waals surface area contributed by atoms with Crippen LogP contribution in [0, 0.1) is 11.3 Å². The van der Waals surface area contributed by atoms with Gasteiger partial charge >= 0.3 is 5.69 Å². The van der Waals surface area contributed by atoms with Crippen LogP contribution in [-0.4, -0.2) is 23.1 Å². The highest BCUT2D eigenvalue weighted by atomic mass is 16.1. The van der Waals surface area contributed by atoms with Gasteiger partial charge in [-0.2, -0.15) is 10.2 Å². The van der Waals surface area contributed by atoms with Gasteiger partial charge in [0.2, 0.25) is 0 Å². The molecule has 14 heavy (non-hydrogen) atoms. The molecule has 0 aliphatic rings. The predicted molar refractivity (Wildman–Crippen MR) is 53.1 cm³/mol. The third kappa shape index (κ3) is 2.10. The Morgan fingerprint density at radius 2 is 2.21 bits per heavy atom. The van der Waals surface area contributed by atoms with E-state index in [1.54, 1.807) is 6.07 Å². The van der Waals surface area contributed by atoms with Gasteiger partial charge < -0.3 is 4.90 Å². The van der Waals surface area contributed by atoms with Gasteiger partial charge in [-0.05, 0) is 13.8 Å². The lowest BCUT2D eigenvalue weighted by molar-refractivity contribution is 0.833. The van der Waals surface area contributed by atoms with Crippen molar-refractivity contribution >= 4 is 5.82 Å². The van der Waals surface area contributed by atoms with Gasteiger partial charge in [-0.15, -0.1) is 0 Å². The first-order valence-electron chi connectivity index (χ1n) is 4.47. The minimum absolute atomic E-state index is 0.243. The second-order valence-corrected chi connectivity index (χ2v) is 2.74. The maximum atomic E-state index is 11.1. The topological polar surface area (TPSA) is 72.8 Å². The zero-order valence-electron chi connectivity index (χ0n) is 8.24. The minimum Gasteiger partial charge on any atom is -0.357 e. The lowest BCUT2D eigenvalue weighted by Crippen LogP contribution is -2.26. The number of H-pyrrole nitrogens is 1. The van der Waals surface area contributed by atoms with Crippen molar-refractivity contribution in [1.82, 2.24) is 9.97 Å². The SMILES string of the molecule is CCN(CC)c1cc(C#N)[nH]c(=O)n1. The van der Waals surface area contributed by atoms with Gasteiger partial charge in [-0.1, -0.05) is 0 Å².